The molecule has 0 radical (unpaired) electrons. The minimum atomic E-state index is -4.57. The highest BCUT2D eigenvalue weighted by Gasteiger charge is 2.33. The fourth-order valence-corrected chi connectivity index (χ4v) is 1.39. The van der Waals surface area contributed by atoms with Gasteiger partial charge in [0, 0.05) is 20.1 Å². The number of likely N-dealkylation sites (N-methyl/N-ethyl adjacent to an activating group) is 1. The number of amides is 1. The van der Waals surface area contributed by atoms with Crippen molar-refractivity contribution in [3.63, 3.8) is 0 Å². The van der Waals surface area contributed by atoms with Crippen LogP contribution in [0.5, 0.6) is 0 Å². The standard InChI is InChI=1S/C10H13F3N4O/c1-17(5-4-14)9-6(8(15)18)2-3-7(16-9)10(11,12)13/h2-3H,4-5,14H2,1H3,(H2,15,18). The van der Waals surface area contributed by atoms with E-state index in [4.69, 9.17) is 11.5 Å². The Bertz CT molecular complexity index is 447. The third-order valence-corrected chi connectivity index (χ3v) is 2.26. The van der Waals surface area contributed by atoms with Crippen molar-refractivity contribution in [1.29, 1.82) is 0 Å². The van der Waals surface area contributed by atoms with Gasteiger partial charge in [0.15, 0.2) is 0 Å². The number of carbonyl (C=O) groups is 1. The summed E-state index contributed by atoms with van der Waals surface area (Å²) in [5.41, 5.74) is 9.25. The van der Waals surface area contributed by atoms with Crippen LogP contribution >= 0.6 is 0 Å². The number of rotatable bonds is 4. The van der Waals surface area contributed by atoms with Gasteiger partial charge >= 0.3 is 6.18 Å². The number of primary amides is 1. The lowest BCUT2D eigenvalue weighted by Gasteiger charge is -2.20. The van der Waals surface area contributed by atoms with Crippen LogP contribution in [-0.2, 0) is 6.18 Å². The zero-order valence-electron chi connectivity index (χ0n) is 9.66. The lowest BCUT2D eigenvalue weighted by molar-refractivity contribution is -0.141. The van der Waals surface area contributed by atoms with E-state index in [1.54, 1.807) is 0 Å². The Kier molecular flexibility index (Phi) is 4.12. The quantitative estimate of drug-likeness (QED) is 0.831. The SMILES string of the molecule is CN(CCN)c1nc(C(F)(F)F)ccc1C(N)=O. The van der Waals surface area contributed by atoms with E-state index < -0.39 is 17.8 Å². The Morgan fingerprint density at radius 3 is 2.50 bits per heavy atom. The molecule has 4 N–H and O–H groups in total. The first-order valence-corrected chi connectivity index (χ1v) is 5.06. The van der Waals surface area contributed by atoms with Crippen molar-refractivity contribution in [2.75, 3.05) is 25.0 Å². The number of aromatic nitrogens is 1. The van der Waals surface area contributed by atoms with Crippen LogP contribution in [-0.4, -0.2) is 31.0 Å². The highest BCUT2D eigenvalue weighted by atomic mass is 19.4. The van der Waals surface area contributed by atoms with Crippen molar-refractivity contribution in [2.24, 2.45) is 11.5 Å². The maximum absolute atomic E-state index is 12.5. The Labute approximate surface area is 102 Å². The lowest BCUT2D eigenvalue weighted by atomic mass is 10.2. The second-order valence-electron chi connectivity index (χ2n) is 3.64. The van der Waals surface area contributed by atoms with Crippen molar-refractivity contribution in [2.45, 2.75) is 6.18 Å². The molecule has 0 saturated heterocycles. The molecule has 0 aliphatic heterocycles. The molecule has 1 rings (SSSR count). The van der Waals surface area contributed by atoms with Gasteiger partial charge in [0.05, 0.1) is 5.56 Å². The van der Waals surface area contributed by atoms with Crippen LogP contribution in [0.25, 0.3) is 0 Å². The summed E-state index contributed by atoms with van der Waals surface area (Å²) in [7, 11) is 1.49. The van der Waals surface area contributed by atoms with Crippen LogP contribution in [0, 0.1) is 0 Å². The maximum Gasteiger partial charge on any atom is 0.433 e. The molecular weight excluding hydrogens is 249 g/mol. The molecule has 5 nitrogen and oxygen atoms in total. The van der Waals surface area contributed by atoms with Crippen molar-refractivity contribution < 1.29 is 18.0 Å². The van der Waals surface area contributed by atoms with Crippen molar-refractivity contribution in [3.8, 4) is 0 Å². The number of hydrogen-bond acceptors (Lipinski definition) is 4. The fraction of sp³-hybridized carbons (Fsp3) is 0.400. The summed E-state index contributed by atoms with van der Waals surface area (Å²) in [6, 6.07) is 1.74. The van der Waals surface area contributed by atoms with Gasteiger partial charge in [-0.25, -0.2) is 4.98 Å². The molecule has 0 fully saturated rings. The van der Waals surface area contributed by atoms with Gasteiger partial charge in [0.2, 0.25) is 0 Å². The number of alkyl halides is 3. The number of anilines is 1. The maximum atomic E-state index is 12.5. The molecule has 1 heterocycles. The normalized spacial score (nSPS) is 11.4. The van der Waals surface area contributed by atoms with Crippen LogP contribution in [0.3, 0.4) is 0 Å². The predicted molar refractivity (Wildman–Crippen MR) is 60.1 cm³/mol. The molecule has 0 bridgehead atoms. The lowest BCUT2D eigenvalue weighted by Crippen LogP contribution is -2.29. The third kappa shape index (κ3) is 3.10. The Morgan fingerprint density at radius 1 is 1.44 bits per heavy atom. The number of nitrogens with zero attached hydrogens (tertiary/aromatic N) is 2. The molecule has 1 aromatic heterocycles. The second-order valence-corrected chi connectivity index (χ2v) is 3.64. The first-order chi connectivity index (χ1) is 8.27. The van der Waals surface area contributed by atoms with Crippen LogP contribution < -0.4 is 16.4 Å². The average molecular weight is 262 g/mol. The van der Waals surface area contributed by atoms with E-state index >= 15 is 0 Å². The molecule has 0 saturated carbocycles. The zero-order chi connectivity index (χ0) is 13.9. The first-order valence-electron chi connectivity index (χ1n) is 5.06. The van der Waals surface area contributed by atoms with Gasteiger partial charge < -0.3 is 16.4 Å². The van der Waals surface area contributed by atoms with E-state index in [0.717, 1.165) is 12.1 Å². The van der Waals surface area contributed by atoms with Gasteiger partial charge in [0.25, 0.3) is 5.91 Å². The molecular formula is C10H13F3N4O. The third-order valence-electron chi connectivity index (χ3n) is 2.26. The summed E-state index contributed by atoms with van der Waals surface area (Å²) in [4.78, 5) is 15.9. The number of nitrogens with two attached hydrogens (primary N) is 2. The summed E-state index contributed by atoms with van der Waals surface area (Å²) < 4.78 is 37.6. The molecule has 1 amide bonds. The summed E-state index contributed by atoms with van der Waals surface area (Å²) in [6.45, 7) is 0.473. The van der Waals surface area contributed by atoms with Crippen molar-refractivity contribution in [1.82, 2.24) is 4.98 Å². The van der Waals surface area contributed by atoms with Crippen LogP contribution in [0.4, 0.5) is 19.0 Å². The molecule has 18 heavy (non-hydrogen) atoms. The molecule has 0 atom stereocenters. The summed E-state index contributed by atoms with van der Waals surface area (Å²) in [5.74, 6) is -0.960. The smallest absolute Gasteiger partial charge is 0.365 e. The van der Waals surface area contributed by atoms with E-state index in [0.29, 0.717) is 0 Å². The summed E-state index contributed by atoms with van der Waals surface area (Å²) in [6.07, 6.45) is -4.57. The van der Waals surface area contributed by atoms with E-state index in [2.05, 4.69) is 4.98 Å². The number of halogens is 3. The Hall–Kier alpha value is -1.83. The number of hydrogen-bond donors (Lipinski definition) is 2. The second kappa shape index (κ2) is 5.21. The van der Waals surface area contributed by atoms with Crippen molar-refractivity contribution >= 4 is 11.7 Å². The van der Waals surface area contributed by atoms with Gasteiger partial charge in [-0.3, -0.25) is 4.79 Å². The van der Waals surface area contributed by atoms with E-state index in [1.807, 2.05) is 0 Å². The van der Waals surface area contributed by atoms with Crippen molar-refractivity contribution in [3.05, 3.63) is 23.4 Å². The van der Waals surface area contributed by atoms with Gasteiger partial charge in [0.1, 0.15) is 11.5 Å². The topological polar surface area (TPSA) is 85.2 Å². The molecule has 0 spiro atoms. The molecule has 0 aliphatic rings. The largest absolute Gasteiger partial charge is 0.433 e. The highest BCUT2D eigenvalue weighted by Crippen LogP contribution is 2.30. The number of carbonyl (C=O) groups excluding carboxylic acids is 1. The van der Waals surface area contributed by atoms with E-state index in [1.165, 1.54) is 11.9 Å². The molecule has 0 unspecified atom stereocenters. The average Bonchev–Trinajstić information content (AvgIpc) is 2.27. The highest BCUT2D eigenvalue weighted by molar-refractivity contribution is 5.97. The number of pyridine rings is 1. The van der Waals surface area contributed by atoms with Gasteiger partial charge in [-0.05, 0) is 12.1 Å². The Morgan fingerprint density at radius 2 is 2.06 bits per heavy atom. The summed E-state index contributed by atoms with van der Waals surface area (Å²) >= 11 is 0. The summed E-state index contributed by atoms with van der Waals surface area (Å²) in [5, 5.41) is 0. The Balaban J connectivity index is 3.28. The van der Waals surface area contributed by atoms with Gasteiger partial charge in [-0.2, -0.15) is 13.2 Å². The van der Waals surface area contributed by atoms with E-state index in [9.17, 15) is 18.0 Å². The zero-order valence-corrected chi connectivity index (χ0v) is 9.66. The minimum absolute atomic E-state index is 0.0704. The van der Waals surface area contributed by atoms with Crippen LogP contribution in [0.1, 0.15) is 16.1 Å². The van der Waals surface area contributed by atoms with E-state index in [-0.39, 0.29) is 24.5 Å². The van der Waals surface area contributed by atoms with Gasteiger partial charge in [-0.15, -0.1) is 0 Å². The monoisotopic (exact) mass is 262 g/mol. The minimum Gasteiger partial charge on any atom is -0.365 e. The molecule has 0 aromatic carbocycles. The van der Waals surface area contributed by atoms with Crippen LogP contribution in [0.15, 0.2) is 12.1 Å². The predicted octanol–water partition coefficient (Wildman–Crippen LogP) is 0.594. The van der Waals surface area contributed by atoms with Gasteiger partial charge in [-0.1, -0.05) is 0 Å². The fourth-order valence-electron chi connectivity index (χ4n) is 1.39. The molecule has 0 aliphatic carbocycles. The molecule has 1 aromatic rings. The molecule has 100 valence electrons. The first kappa shape index (κ1) is 14.2. The molecule has 8 heteroatoms. The van der Waals surface area contributed by atoms with Crippen LogP contribution in [0.2, 0.25) is 0 Å².